The van der Waals surface area contributed by atoms with Crippen LogP contribution in [0.3, 0.4) is 0 Å². The van der Waals surface area contributed by atoms with E-state index in [1.54, 1.807) is 0 Å². The van der Waals surface area contributed by atoms with E-state index in [1.165, 1.54) is 0 Å². The maximum absolute atomic E-state index is 12.5. The number of rotatable bonds is 1. The highest BCUT2D eigenvalue weighted by molar-refractivity contribution is 5.59. The minimum Gasteiger partial charge on any atom is -0.384 e. The van der Waals surface area contributed by atoms with Gasteiger partial charge in [-0.1, -0.05) is 17.7 Å². The van der Waals surface area contributed by atoms with E-state index in [9.17, 15) is 8.78 Å². The van der Waals surface area contributed by atoms with E-state index in [0.717, 1.165) is 16.8 Å². The van der Waals surface area contributed by atoms with E-state index in [2.05, 4.69) is 5.32 Å². The molecule has 0 fully saturated rings. The van der Waals surface area contributed by atoms with Gasteiger partial charge in [0.05, 0.1) is 5.92 Å². The normalized spacial score (nSPS) is 20.2. The van der Waals surface area contributed by atoms with Crippen molar-refractivity contribution in [2.24, 2.45) is 0 Å². The van der Waals surface area contributed by atoms with Crippen LogP contribution in [0, 0.1) is 6.92 Å². The number of hydrogen-bond donors (Lipinski definition) is 1. The molecule has 1 aliphatic heterocycles. The summed E-state index contributed by atoms with van der Waals surface area (Å²) < 4.78 is 25.0. The van der Waals surface area contributed by atoms with Crippen molar-refractivity contribution < 1.29 is 8.78 Å². The molecule has 0 saturated carbocycles. The summed E-state index contributed by atoms with van der Waals surface area (Å²) in [7, 11) is 0. The fraction of sp³-hybridized carbons (Fsp3) is 0.400. The van der Waals surface area contributed by atoms with Gasteiger partial charge in [0.1, 0.15) is 0 Å². The predicted octanol–water partition coefficient (Wildman–Crippen LogP) is 2.77. The zero-order chi connectivity index (χ0) is 9.42. The van der Waals surface area contributed by atoms with E-state index in [4.69, 9.17) is 0 Å². The Morgan fingerprint density at radius 2 is 2.23 bits per heavy atom. The molecule has 0 aliphatic carbocycles. The zero-order valence-corrected chi connectivity index (χ0v) is 7.35. The zero-order valence-electron chi connectivity index (χ0n) is 7.35. The van der Waals surface area contributed by atoms with Gasteiger partial charge in [0.15, 0.2) is 0 Å². The van der Waals surface area contributed by atoms with Crippen molar-refractivity contribution in [3.63, 3.8) is 0 Å². The molecule has 1 atom stereocenters. The van der Waals surface area contributed by atoms with Crippen LogP contribution in [0.5, 0.6) is 0 Å². The fourth-order valence-corrected chi connectivity index (χ4v) is 1.70. The van der Waals surface area contributed by atoms with Gasteiger partial charge in [0, 0.05) is 12.2 Å². The van der Waals surface area contributed by atoms with E-state index in [-0.39, 0.29) is 0 Å². The molecule has 70 valence electrons. The Kier molecular flexibility index (Phi) is 1.94. The number of hydrogen-bond acceptors (Lipinski definition) is 1. The van der Waals surface area contributed by atoms with Crippen molar-refractivity contribution in [3.8, 4) is 0 Å². The first kappa shape index (κ1) is 8.48. The quantitative estimate of drug-likeness (QED) is 0.705. The summed E-state index contributed by atoms with van der Waals surface area (Å²) in [5, 5.41) is 2.98. The average Bonchev–Trinajstić information content (AvgIpc) is 2.46. The third-order valence-electron chi connectivity index (χ3n) is 2.42. The molecule has 1 aromatic carbocycles. The van der Waals surface area contributed by atoms with Crippen LogP contribution < -0.4 is 5.32 Å². The Hall–Kier alpha value is -1.12. The second kappa shape index (κ2) is 2.98. The Bertz CT molecular complexity index is 323. The molecule has 1 aromatic rings. The highest BCUT2D eigenvalue weighted by Crippen LogP contribution is 2.35. The van der Waals surface area contributed by atoms with Crippen LogP contribution in [0.4, 0.5) is 14.5 Å². The monoisotopic (exact) mass is 183 g/mol. The van der Waals surface area contributed by atoms with Gasteiger partial charge in [0.25, 0.3) is 0 Å². The van der Waals surface area contributed by atoms with Crippen molar-refractivity contribution in [3.05, 3.63) is 29.3 Å². The number of aryl methyl sites for hydroxylation is 1. The van der Waals surface area contributed by atoms with Gasteiger partial charge >= 0.3 is 0 Å². The van der Waals surface area contributed by atoms with E-state index >= 15 is 0 Å². The fourth-order valence-electron chi connectivity index (χ4n) is 1.70. The predicted molar refractivity (Wildman–Crippen MR) is 48.4 cm³/mol. The first-order valence-corrected chi connectivity index (χ1v) is 4.31. The van der Waals surface area contributed by atoms with Gasteiger partial charge in [0.2, 0.25) is 6.43 Å². The third-order valence-corrected chi connectivity index (χ3v) is 2.42. The number of halogens is 2. The molecule has 13 heavy (non-hydrogen) atoms. The standard InChI is InChI=1S/C10H11F2N/c1-6-2-3-9-7(4-6)8(5-13-9)10(11)12/h2-4,8,10,13H,5H2,1H3. The molecule has 1 N–H and O–H groups in total. The number of alkyl halides is 2. The van der Waals surface area contributed by atoms with Crippen molar-refractivity contribution in [2.75, 3.05) is 11.9 Å². The molecule has 0 bridgehead atoms. The molecule has 1 heterocycles. The van der Waals surface area contributed by atoms with Crippen LogP contribution in [-0.4, -0.2) is 13.0 Å². The number of anilines is 1. The molecular weight excluding hydrogens is 172 g/mol. The lowest BCUT2D eigenvalue weighted by molar-refractivity contribution is 0.121. The SMILES string of the molecule is Cc1ccc2c(c1)C(C(F)F)CN2. The van der Waals surface area contributed by atoms with Gasteiger partial charge in [-0.3, -0.25) is 0 Å². The molecule has 0 amide bonds. The van der Waals surface area contributed by atoms with Crippen molar-refractivity contribution >= 4 is 5.69 Å². The van der Waals surface area contributed by atoms with Crippen LogP contribution in [0.15, 0.2) is 18.2 Å². The maximum atomic E-state index is 12.5. The Morgan fingerprint density at radius 3 is 2.92 bits per heavy atom. The third kappa shape index (κ3) is 1.39. The van der Waals surface area contributed by atoms with Gasteiger partial charge < -0.3 is 5.32 Å². The van der Waals surface area contributed by atoms with Gasteiger partial charge in [-0.15, -0.1) is 0 Å². The summed E-state index contributed by atoms with van der Waals surface area (Å²) in [5.41, 5.74) is 2.65. The first-order valence-electron chi connectivity index (χ1n) is 4.31. The smallest absolute Gasteiger partial charge is 0.247 e. The molecule has 0 radical (unpaired) electrons. The lowest BCUT2D eigenvalue weighted by Gasteiger charge is -2.08. The lowest BCUT2D eigenvalue weighted by Crippen LogP contribution is -2.10. The van der Waals surface area contributed by atoms with Gasteiger partial charge in [-0.2, -0.15) is 0 Å². The number of fused-ring (bicyclic) bond motifs is 1. The van der Waals surface area contributed by atoms with E-state index < -0.39 is 12.3 Å². The minimum absolute atomic E-state index is 0.358. The number of nitrogens with one attached hydrogen (secondary N) is 1. The van der Waals surface area contributed by atoms with Crippen molar-refractivity contribution in [2.45, 2.75) is 19.3 Å². The molecule has 2 rings (SSSR count). The molecule has 1 nitrogen and oxygen atoms in total. The molecular formula is C10H11F2N. The largest absolute Gasteiger partial charge is 0.384 e. The van der Waals surface area contributed by atoms with Crippen LogP contribution in [0.2, 0.25) is 0 Å². The summed E-state index contributed by atoms with van der Waals surface area (Å²) in [6.07, 6.45) is -2.27. The second-order valence-corrected chi connectivity index (χ2v) is 3.41. The molecule has 0 spiro atoms. The second-order valence-electron chi connectivity index (χ2n) is 3.41. The van der Waals surface area contributed by atoms with Crippen LogP contribution in [-0.2, 0) is 0 Å². The van der Waals surface area contributed by atoms with E-state index in [1.807, 2.05) is 25.1 Å². The highest BCUT2D eigenvalue weighted by Gasteiger charge is 2.29. The molecule has 3 heteroatoms. The van der Waals surface area contributed by atoms with Crippen LogP contribution >= 0.6 is 0 Å². The van der Waals surface area contributed by atoms with Crippen LogP contribution in [0.1, 0.15) is 17.0 Å². The Labute approximate surface area is 75.8 Å². The molecule has 0 saturated heterocycles. The number of benzene rings is 1. The first-order chi connectivity index (χ1) is 6.18. The molecule has 1 unspecified atom stereocenters. The summed E-state index contributed by atoms with van der Waals surface area (Å²) >= 11 is 0. The summed E-state index contributed by atoms with van der Waals surface area (Å²) in [5.74, 6) is -0.630. The van der Waals surface area contributed by atoms with Crippen molar-refractivity contribution in [1.82, 2.24) is 0 Å². The Balaban J connectivity index is 2.40. The summed E-state index contributed by atoms with van der Waals surface area (Å²) in [4.78, 5) is 0. The van der Waals surface area contributed by atoms with E-state index in [0.29, 0.717) is 6.54 Å². The molecule has 1 aliphatic rings. The lowest BCUT2D eigenvalue weighted by atomic mass is 10.0. The van der Waals surface area contributed by atoms with Gasteiger partial charge in [-0.05, 0) is 18.6 Å². The van der Waals surface area contributed by atoms with Crippen LogP contribution in [0.25, 0.3) is 0 Å². The van der Waals surface area contributed by atoms with Gasteiger partial charge in [-0.25, -0.2) is 8.78 Å². The molecule has 0 aromatic heterocycles. The van der Waals surface area contributed by atoms with Crippen molar-refractivity contribution in [1.29, 1.82) is 0 Å². The minimum atomic E-state index is -2.27. The summed E-state index contributed by atoms with van der Waals surface area (Å²) in [6.45, 7) is 2.28. The topological polar surface area (TPSA) is 12.0 Å². The Morgan fingerprint density at radius 1 is 1.46 bits per heavy atom. The average molecular weight is 183 g/mol. The highest BCUT2D eigenvalue weighted by atomic mass is 19.3. The summed E-state index contributed by atoms with van der Waals surface area (Å²) in [6, 6.07) is 5.64. The maximum Gasteiger partial charge on any atom is 0.247 e.